The van der Waals surface area contributed by atoms with Gasteiger partial charge in [-0.05, 0) is 12.1 Å². The molecule has 1 aromatic carbocycles. The molecule has 1 amide bonds. The highest BCUT2D eigenvalue weighted by molar-refractivity contribution is 5.94. The standard InChI is InChI=1S/C17H21N3O4/c1-20-14-6-7-24-10-13(14)16(19-20)17(21)18-9-11-4-5-12(22-2)8-15(11)23-3/h4-5,8H,6-7,9-10H2,1-3H3,(H,18,21). The van der Waals surface area contributed by atoms with Gasteiger partial charge in [-0.2, -0.15) is 5.10 Å². The Kier molecular flexibility index (Phi) is 4.71. The van der Waals surface area contributed by atoms with Gasteiger partial charge in [0.15, 0.2) is 5.69 Å². The first-order valence-electron chi connectivity index (χ1n) is 7.75. The van der Waals surface area contributed by atoms with Crippen LogP contribution in [0, 0.1) is 0 Å². The van der Waals surface area contributed by atoms with Crippen LogP contribution in [0.25, 0.3) is 0 Å². The molecule has 24 heavy (non-hydrogen) atoms. The Hall–Kier alpha value is -2.54. The number of ether oxygens (including phenoxy) is 3. The van der Waals surface area contributed by atoms with E-state index in [2.05, 4.69) is 10.4 Å². The number of benzene rings is 1. The molecular weight excluding hydrogens is 310 g/mol. The highest BCUT2D eigenvalue weighted by Crippen LogP contribution is 2.25. The number of fused-ring (bicyclic) bond motifs is 1. The van der Waals surface area contributed by atoms with E-state index in [1.807, 2.05) is 19.2 Å². The Bertz CT molecular complexity index is 755. The van der Waals surface area contributed by atoms with Crippen molar-refractivity contribution in [1.29, 1.82) is 0 Å². The number of hydrogen-bond acceptors (Lipinski definition) is 5. The lowest BCUT2D eigenvalue weighted by Gasteiger charge is -2.14. The molecule has 7 heteroatoms. The number of hydrogen-bond donors (Lipinski definition) is 1. The normalized spacial score (nSPS) is 13.3. The lowest BCUT2D eigenvalue weighted by molar-refractivity contribution is 0.0922. The van der Waals surface area contributed by atoms with Crippen LogP contribution in [0.4, 0.5) is 0 Å². The summed E-state index contributed by atoms with van der Waals surface area (Å²) in [5.74, 6) is 1.16. The van der Waals surface area contributed by atoms with Crippen LogP contribution < -0.4 is 14.8 Å². The number of methoxy groups -OCH3 is 2. The molecule has 1 N–H and O–H groups in total. The predicted molar refractivity (Wildman–Crippen MR) is 87.3 cm³/mol. The average Bonchev–Trinajstić information content (AvgIpc) is 2.97. The summed E-state index contributed by atoms with van der Waals surface area (Å²) < 4.78 is 17.7. The van der Waals surface area contributed by atoms with Gasteiger partial charge in [0.2, 0.25) is 0 Å². The zero-order valence-electron chi connectivity index (χ0n) is 14.1. The molecule has 1 aliphatic rings. The summed E-state index contributed by atoms with van der Waals surface area (Å²) >= 11 is 0. The Morgan fingerprint density at radius 2 is 2.21 bits per heavy atom. The third-order valence-electron chi connectivity index (χ3n) is 4.15. The molecule has 0 spiro atoms. The Morgan fingerprint density at radius 1 is 1.38 bits per heavy atom. The van der Waals surface area contributed by atoms with Crippen LogP contribution in [0.3, 0.4) is 0 Å². The van der Waals surface area contributed by atoms with E-state index in [0.717, 1.165) is 23.2 Å². The van der Waals surface area contributed by atoms with Crippen LogP contribution in [-0.2, 0) is 31.4 Å². The fourth-order valence-corrected chi connectivity index (χ4v) is 2.85. The summed E-state index contributed by atoms with van der Waals surface area (Å²) in [6.45, 7) is 1.44. The maximum atomic E-state index is 12.5. The van der Waals surface area contributed by atoms with E-state index in [4.69, 9.17) is 14.2 Å². The molecule has 2 heterocycles. The van der Waals surface area contributed by atoms with Crippen molar-refractivity contribution in [3.63, 3.8) is 0 Å². The summed E-state index contributed by atoms with van der Waals surface area (Å²) in [7, 11) is 5.04. The van der Waals surface area contributed by atoms with Crippen molar-refractivity contribution >= 4 is 5.91 Å². The third kappa shape index (κ3) is 3.07. The number of carbonyl (C=O) groups excluding carboxylic acids is 1. The number of nitrogens with zero attached hydrogens (tertiary/aromatic N) is 2. The summed E-state index contributed by atoms with van der Waals surface area (Å²) in [5, 5.41) is 7.25. The first-order valence-corrected chi connectivity index (χ1v) is 7.75. The van der Waals surface area contributed by atoms with Crippen molar-refractivity contribution in [2.24, 2.45) is 7.05 Å². The topological polar surface area (TPSA) is 74.6 Å². The molecule has 1 aliphatic heterocycles. The molecule has 0 aliphatic carbocycles. The minimum atomic E-state index is -0.213. The highest BCUT2D eigenvalue weighted by atomic mass is 16.5. The van der Waals surface area contributed by atoms with Gasteiger partial charge in [0.05, 0.1) is 27.4 Å². The second-order valence-corrected chi connectivity index (χ2v) is 5.56. The third-order valence-corrected chi connectivity index (χ3v) is 4.15. The van der Waals surface area contributed by atoms with E-state index in [9.17, 15) is 4.79 Å². The van der Waals surface area contributed by atoms with Gasteiger partial charge in [-0.3, -0.25) is 9.48 Å². The van der Waals surface area contributed by atoms with Crippen molar-refractivity contribution in [3.05, 3.63) is 40.7 Å². The molecule has 0 fully saturated rings. The first kappa shape index (κ1) is 16.3. The molecule has 0 saturated carbocycles. The van der Waals surface area contributed by atoms with E-state index in [1.165, 1.54) is 0 Å². The van der Waals surface area contributed by atoms with E-state index in [1.54, 1.807) is 25.0 Å². The van der Waals surface area contributed by atoms with Crippen LogP contribution in [0.15, 0.2) is 18.2 Å². The fourth-order valence-electron chi connectivity index (χ4n) is 2.85. The molecule has 3 rings (SSSR count). The molecule has 0 atom stereocenters. The maximum absolute atomic E-state index is 12.5. The van der Waals surface area contributed by atoms with E-state index in [-0.39, 0.29) is 5.91 Å². The number of amides is 1. The molecule has 2 aromatic rings. The zero-order chi connectivity index (χ0) is 17.1. The van der Waals surface area contributed by atoms with Gasteiger partial charge in [-0.1, -0.05) is 0 Å². The van der Waals surface area contributed by atoms with Crippen molar-refractivity contribution in [3.8, 4) is 11.5 Å². The van der Waals surface area contributed by atoms with Gasteiger partial charge in [0.25, 0.3) is 5.91 Å². The SMILES string of the molecule is COc1ccc(CNC(=O)c2nn(C)c3c2COCC3)c(OC)c1. The van der Waals surface area contributed by atoms with Crippen molar-refractivity contribution in [2.75, 3.05) is 20.8 Å². The van der Waals surface area contributed by atoms with E-state index >= 15 is 0 Å². The monoisotopic (exact) mass is 331 g/mol. The molecular formula is C17H21N3O4. The number of nitrogens with one attached hydrogen (secondary N) is 1. The number of aryl methyl sites for hydroxylation is 1. The summed E-state index contributed by atoms with van der Waals surface area (Å²) in [6.07, 6.45) is 0.776. The summed E-state index contributed by atoms with van der Waals surface area (Å²) in [5.41, 5.74) is 3.24. The lowest BCUT2D eigenvalue weighted by Crippen LogP contribution is -2.25. The van der Waals surface area contributed by atoms with Gasteiger partial charge in [0, 0.05) is 42.9 Å². The van der Waals surface area contributed by atoms with E-state index in [0.29, 0.717) is 37.0 Å². The largest absolute Gasteiger partial charge is 0.497 e. The number of carbonyl (C=O) groups is 1. The van der Waals surface area contributed by atoms with Gasteiger partial charge < -0.3 is 19.5 Å². The Morgan fingerprint density at radius 3 is 2.96 bits per heavy atom. The molecule has 0 unspecified atom stereocenters. The van der Waals surface area contributed by atoms with Gasteiger partial charge >= 0.3 is 0 Å². The van der Waals surface area contributed by atoms with Crippen molar-refractivity contribution < 1.29 is 19.0 Å². The Balaban J connectivity index is 1.75. The molecule has 7 nitrogen and oxygen atoms in total. The summed E-state index contributed by atoms with van der Waals surface area (Å²) in [6, 6.07) is 5.49. The van der Waals surface area contributed by atoms with Crippen LogP contribution in [0.2, 0.25) is 0 Å². The predicted octanol–water partition coefficient (Wildman–Crippen LogP) is 1.44. The average molecular weight is 331 g/mol. The van der Waals surface area contributed by atoms with Gasteiger partial charge in [0.1, 0.15) is 11.5 Å². The van der Waals surface area contributed by atoms with Crippen molar-refractivity contribution in [1.82, 2.24) is 15.1 Å². The van der Waals surface area contributed by atoms with Gasteiger partial charge in [-0.15, -0.1) is 0 Å². The minimum absolute atomic E-state index is 0.213. The molecule has 1 aromatic heterocycles. The molecule has 128 valence electrons. The maximum Gasteiger partial charge on any atom is 0.272 e. The van der Waals surface area contributed by atoms with Crippen LogP contribution in [-0.4, -0.2) is 36.5 Å². The highest BCUT2D eigenvalue weighted by Gasteiger charge is 2.24. The number of rotatable bonds is 5. The van der Waals surface area contributed by atoms with Crippen LogP contribution in [0.1, 0.15) is 27.3 Å². The second kappa shape index (κ2) is 6.92. The van der Waals surface area contributed by atoms with Crippen LogP contribution >= 0.6 is 0 Å². The lowest BCUT2D eigenvalue weighted by atomic mass is 10.1. The summed E-state index contributed by atoms with van der Waals surface area (Å²) in [4.78, 5) is 12.5. The zero-order valence-corrected chi connectivity index (χ0v) is 14.1. The fraction of sp³-hybridized carbons (Fsp3) is 0.412. The Labute approximate surface area is 140 Å². The molecule has 0 radical (unpaired) electrons. The molecule has 0 saturated heterocycles. The smallest absolute Gasteiger partial charge is 0.272 e. The quantitative estimate of drug-likeness (QED) is 0.897. The van der Waals surface area contributed by atoms with Crippen molar-refractivity contribution in [2.45, 2.75) is 19.6 Å². The minimum Gasteiger partial charge on any atom is -0.497 e. The second-order valence-electron chi connectivity index (χ2n) is 5.56. The molecule has 0 bridgehead atoms. The van der Waals surface area contributed by atoms with Gasteiger partial charge in [-0.25, -0.2) is 0 Å². The van der Waals surface area contributed by atoms with E-state index < -0.39 is 0 Å². The van der Waals surface area contributed by atoms with Crippen LogP contribution in [0.5, 0.6) is 11.5 Å². The number of aromatic nitrogens is 2. The first-order chi connectivity index (χ1) is 11.6.